The molecule has 0 radical (unpaired) electrons. The summed E-state index contributed by atoms with van der Waals surface area (Å²) in [5.74, 6) is 1.17. The van der Waals surface area contributed by atoms with Gasteiger partial charge in [0.1, 0.15) is 6.26 Å². The maximum atomic E-state index is 9.54. The van der Waals surface area contributed by atoms with E-state index in [1.165, 1.54) is 0 Å². The van der Waals surface area contributed by atoms with Crippen molar-refractivity contribution in [2.45, 2.75) is 44.9 Å². The Morgan fingerprint density at radius 2 is 2.45 bits per heavy atom. The van der Waals surface area contributed by atoms with Gasteiger partial charge in [0.2, 0.25) is 0 Å². The summed E-state index contributed by atoms with van der Waals surface area (Å²) >= 11 is 0. The number of furan rings is 1. The molecule has 3 rings (SSSR count). The molecular weight excluding hydrogens is 258 g/mol. The highest BCUT2D eigenvalue weighted by Crippen LogP contribution is 2.24. The lowest BCUT2D eigenvalue weighted by Gasteiger charge is -2.23. The smallest absolute Gasteiger partial charge is 0.261 e. The molecular formula is C14H19N3O3. The molecule has 0 aromatic carbocycles. The molecule has 0 bridgehead atoms. The van der Waals surface area contributed by atoms with Crippen LogP contribution in [-0.4, -0.2) is 38.8 Å². The number of aliphatic hydroxyl groups is 1. The molecule has 1 fully saturated rings. The van der Waals surface area contributed by atoms with Crippen LogP contribution < -0.4 is 0 Å². The first kappa shape index (κ1) is 13.3. The van der Waals surface area contributed by atoms with E-state index in [-0.39, 0.29) is 6.10 Å². The molecule has 1 N–H and O–H groups in total. The van der Waals surface area contributed by atoms with Crippen molar-refractivity contribution < 1.29 is 14.0 Å². The van der Waals surface area contributed by atoms with Gasteiger partial charge in [-0.25, -0.2) is 0 Å². The van der Waals surface area contributed by atoms with Crippen molar-refractivity contribution >= 4 is 0 Å². The fourth-order valence-electron chi connectivity index (χ4n) is 2.77. The van der Waals surface area contributed by atoms with Gasteiger partial charge in [0.25, 0.3) is 5.89 Å². The van der Waals surface area contributed by atoms with Crippen molar-refractivity contribution in [1.82, 2.24) is 15.0 Å². The van der Waals surface area contributed by atoms with E-state index in [1.54, 1.807) is 18.6 Å². The third kappa shape index (κ3) is 2.91. The predicted octanol–water partition coefficient (Wildman–Crippen LogP) is 2.06. The van der Waals surface area contributed by atoms with Crippen LogP contribution in [0.15, 0.2) is 27.5 Å². The first-order valence-electron chi connectivity index (χ1n) is 6.99. The molecule has 108 valence electrons. The summed E-state index contributed by atoms with van der Waals surface area (Å²) in [6.07, 6.45) is 5.97. The monoisotopic (exact) mass is 277 g/mol. The number of aliphatic hydroxyl groups excluding tert-OH is 1. The zero-order valence-electron chi connectivity index (χ0n) is 11.5. The number of likely N-dealkylation sites (tertiary alicyclic amines) is 1. The fraction of sp³-hybridized carbons (Fsp3) is 0.571. The van der Waals surface area contributed by atoms with Gasteiger partial charge in [0, 0.05) is 6.04 Å². The van der Waals surface area contributed by atoms with Crippen LogP contribution in [-0.2, 0) is 6.54 Å². The van der Waals surface area contributed by atoms with Gasteiger partial charge in [-0.1, -0.05) is 5.16 Å². The van der Waals surface area contributed by atoms with Crippen molar-refractivity contribution in [2.24, 2.45) is 0 Å². The molecule has 1 saturated heterocycles. The molecule has 2 aromatic rings. The molecule has 6 nitrogen and oxygen atoms in total. The maximum absolute atomic E-state index is 9.54. The summed E-state index contributed by atoms with van der Waals surface area (Å²) in [7, 11) is 0. The Labute approximate surface area is 117 Å². The summed E-state index contributed by atoms with van der Waals surface area (Å²) in [6.45, 7) is 3.52. The number of nitrogens with zero attached hydrogens (tertiary/aromatic N) is 3. The van der Waals surface area contributed by atoms with Crippen LogP contribution in [0.2, 0.25) is 0 Å². The Morgan fingerprint density at radius 3 is 3.20 bits per heavy atom. The van der Waals surface area contributed by atoms with Crippen LogP contribution in [0, 0.1) is 0 Å². The van der Waals surface area contributed by atoms with E-state index < -0.39 is 0 Å². The minimum absolute atomic E-state index is 0.271. The molecule has 0 amide bonds. The highest BCUT2D eigenvalue weighted by molar-refractivity contribution is 5.49. The summed E-state index contributed by atoms with van der Waals surface area (Å²) in [4.78, 5) is 6.70. The van der Waals surface area contributed by atoms with E-state index >= 15 is 0 Å². The molecule has 0 saturated carbocycles. The number of aromatic nitrogens is 2. The van der Waals surface area contributed by atoms with Gasteiger partial charge in [-0.2, -0.15) is 4.98 Å². The fourth-order valence-corrected chi connectivity index (χ4v) is 2.77. The summed E-state index contributed by atoms with van der Waals surface area (Å²) in [5, 5.41) is 13.6. The molecule has 1 aliphatic rings. The Balaban J connectivity index is 1.65. The van der Waals surface area contributed by atoms with Gasteiger partial charge >= 0.3 is 0 Å². The van der Waals surface area contributed by atoms with E-state index in [0.29, 0.717) is 24.3 Å². The minimum atomic E-state index is -0.271. The molecule has 0 aliphatic carbocycles. The Hall–Kier alpha value is -1.66. The molecule has 3 heterocycles. The van der Waals surface area contributed by atoms with E-state index in [0.717, 1.165) is 31.4 Å². The highest BCUT2D eigenvalue weighted by Gasteiger charge is 2.27. The SMILES string of the molecule is CC(O)CC1CCCN1Cc1noc(-c2ccoc2)n1. The minimum Gasteiger partial charge on any atom is -0.472 e. The molecule has 6 heteroatoms. The van der Waals surface area contributed by atoms with Crippen molar-refractivity contribution in [3.05, 3.63) is 24.4 Å². The first-order valence-corrected chi connectivity index (χ1v) is 6.99. The van der Waals surface area contributed by atoms with Gasteiger partial charge in [-0.15, -0.1) is 0 Å². The van der Waals surface area contributed by atoms with Crippen LogP contribution >= 0.6 is 0 Å². The highest BCUT2D eigenvalue weighted by atomic mass is 16.5. The van der Waals surface area contributed by atoms with Crippen LogP contribution in [0.4, 0.5) is 0 Å². The topological polar surface area (TPSA) is 75.5 Å². The van der Waals surface area contributed by atoms with Crippen molar-refractivity contribution in [3.63, 3.8) is 0 Å². The number of rotatable bonds is 5. The zero-order chi connectivity index (χ0) is 13.9. The van der Waals surface area contributed by atoms with E-state index in [2.05, 4.69) is 15.0 Å². The van der Waals surface area contributed by atoms with Crippen molar-refractivity contribution in [2.75, 3.05) is 6.54 Å². The average molecular weight is 277 g/mol. The van der Waals surface area contributed by atoms with E-state index in [4.69, 9.17) is 8.94 Å². The maximum Gasteiger partial charge on any atom is 0.261 e. The zero-order valence-corrected chi connectivity index (χ0v) is 11.5. The third-order valence-corrected chi connectivity index (χ3v) is 3.69. The van der Waals surface area contributed by atoms with Gasteiger partial charge in [0.15, 0.2) is 5.82 Å². The van der Waals surface area contributed by atoms with Gasteiger partial charge in [0.05, 0.1) is 24.5 Å². The second-order valence-corrected chi connectivity index (χ2v) is 5.38. The standard InChI is InChI=1S/C14H19N3O3/c1-10(18)7-12-3-2-5-17(12)8-13-15-14(20-16-13)11-4-6-19-9-11/h4,6,9-10,12,18H,2-3,5,7-8H2,1H3. The summed E-state index contributed by atoms with van der Waals surface area (Å²) in [5.41, 5.74) is 0.797. The second-order valence-electron chi connectivity index (χ2n) is 5.38. The normalized spacial score (nSPS) is 21.4. The average Bonchev–Trinajstić information content (AvgIpc) is 3.11. The van der Waals surface area contributed by atoms with Crippen LogP contribution in [0.3, 0.4) is 0 Å². The van der Waals surface area contributed by atoms with Gasteiger partial charge < -0.3 is 14.0 Å². The quantitative estimate of drug-likeness (QED) is 0.901. The Bertz CT molecular complexity index is 536. The lowest BCUT2D eigenvalue weighted by atomic mass is 10.1. The Kier molecular flexibility index (Phi) is 3.84. The second kappa shape index (κ2) is 5.76. The van der Waals surface area contributed by atoms with Crippen LogP contribution in [0.1, 0.15) is 32.0 Å². The van der Waals surface area contributed by atoms with Crippen molar-refractivity contribution in [1.29, 1.82) is 0 Å². The molecule has 2 atom stereocenters. The Morgan fingerprint density at radius 1 is 1.55 bits per heavy atom. The summed E-state index contributed by atoms with van der Waals surface area (Å²) < 4.78 is 10.2. The molecule has 0 spiro atoms. The third-order valence-electron chi connectivity index (χ3n) is 3.69. The van der Waals surface area contributed by atoms with Crippen LogP contribution in [0.25, 0.3) is 11.5 Å². The molecule has 2 unspecified atom stereocenters. The van der Waals surface area contributed by atoms with Crippen LogP contribution in [0.5, 0.6) is 0 Å². The van der Waals surface area contributed by atoms with E-state index in [1.807, 2.05) is 6.92 Å². The molecule has 2 aromatic heterocycles. The van der Waals surface area contributed by atoms with Gasteiger partial charge in [-0.3, -0.25) is 4.90 Å². The molecule has 20 heavy (non-hydrogen) atoms. The largest absolute Gasteiger partial charge is 0.472 e. The van der Waals surface area contributed by atoms with E-state index in [9.17, 15) is 5.11 Å². The number of hydrogen-bond donors (Lipinski definition) is 1. The molecule has 1 aliphatic heterocycles. The van der Waals surface area contributed by atoms with Gasteiger partial charge in [-0.05, 0) is 38.8 Å². The summed E-state index contributed by atoms with van der Waals surface area (Å²) in [6, 6.07) is 2.20. The number of hydrogen-bond acceptors (Lipinski definition) is 6. The predicted molar refractivity (Wildman–Crippen MR) is 71.7 cm³/mol. The lowest BCUT2D eigenvalue weighted by molar-refractivity contribution is 0.129. The lowest BCUT2D eigenvalue weighted by Crippen LogP contribution is -2.31. The van der Waals surface area contributed by atoms with Crippen molar-refractivity contribution in [3.8, 4) is 11.5 Å². The first-order chi connectivity index (χ1) is 9.72.